The Bertz CT molecular complexity index is 350. The second-order valence-electron chi connectivity index (χ2n) is 3.56. The summed E-state index contributed by atoms with van der Waals surface area (Å²) >= 11 is 0. The van der Waals surface area contributed by atoms with Gasteiger partial charge in [0.15, 0.2) is 0 Å². The summed E-state index contributed by atoms with van der Waals surface area (Å²) in [6.45, 7) is 4.15. The zero-order valence-corrected chi connectivity index (χ0v) is 8.96. The Morgan fingerprint density at radius 2 is 2.14 bits per heavy atom. The normalized spacial score (nSPS) is 12.1. The van der Waals surface area contributed by atoms with E-state index in [4.69, 9.17) is 5.26 Å². The minimum Gasteiger partial charge on any atom is -0.312 e. The van der Waals surface area contributed by atoms with Crippen molar-refractivity contribution in [2.24, 2.45) is 0 Å². The fourth-order valence-electron chi connectivity index (χ4n) is 1.59. The van der Waals surface area contributed by atoms with Gasteiger partial charge in [-0.3, -0.25) is 0 Å². The standard InChI is InChI=1S/C12H16N2/c1-9-4-5-10(2)11(8-9)12(14-3)6-7-13/h4-5,8,12,14H,6H2,1-3H3. The molecule has 0 aliphatic rings. The largest absolute Gasteiger partial charge is 0.312 e. The summed E-state index contributed by atoms with van der Waals surface area (Å²) in [5, 5.41) is 11.9. The summed E-state index contributed by atoms with van der Waals surface area (Å²) in [5.74, 6) is 0. The minimum absolute atomic E-state index is 0.153. The van der Waals surface area contributed by atoms with Crippen LogP contribution < -0.4 is 5.32 Å². The lowest BCUT2D eigenvalue weighted by Crippen LogP contribution is -2.16. The third kappa shape index (κ3) is 2.34. The molecule has 1 rings (SSSR count). The molecule has 1 aromatic rings. The van der Waals surface area contributed by atoms with Crippen molar-refractivity contribution in [1.29, 1.82) is 5.26 Å². The smallest absolute Gasteiger partial charge is 0.0641 e. The van der Waals surface area contributed by atoms with Crippen molar-refractivity contribution in [3.05, 3.63) is 34.9 Å². The van der Waals surface area contributed by atoms with E-state index in [-0.39, 0.29) is 6.04 Å². The zero-order chi connectivity index (χ0) is 10.6. The topological polar surface area (TPSA) is 35.8 Å². The van der Waals surface area contributed by atoms with E-state index in [0.29, 0.717) is 6.42 Å². The van der Waals surface area contributed by atoms with E-state index in [2.05, 4.69) is 43.4 Å². The number of nitrogens with one attached hydrogen (secondary N) is 1. The van der Waals surface area contributed by atoms with Crippen LogP contribution in [0.1, 0.15) is 29.2 Å². The molecule has 0 aliphatic heterocycles. The molecule has 0 aliphatic carbocycles. The van der Waals surface area contributed by atoms with Gasteiger partial charge >= 0.3 is 0 Å². The highest BCUT2D eigenvalue weighted by molar-refractivity contribution is 5.33. The summed E-state index contributed by atoms with van der Waals surface area (Å²) in [5.41, 5.74) is 3.71. The van der Waals surface area contributed by atoms with Crippen LogP contribution in [0.25, 0.3) is 0 Å². The first kappa shape index (κ1) is 10.7. The van der Waals surface area contributed by atoms with E-state index in [1.54, 1.807) is 0 Å². The first-order valence-electron chi connectivity index (χ1n) is 4.80. The van der Waals surface area contributed by atoms with Gasteiger partial charge in [0.25, 0.3) is 0 Å². The van der Waals surface area contributed by atoms with Gasteiger partial charge in [0.1, 0.15) is 0 Å². The summed E-state index contributed by atoms with van der Waals surface area (Å²) < 4.78 is 0. The number of aryl methyl sites for hydroxylation is 2. The maximum Gasteiger partial charge on any atom is 0.0641 e. The van der Waals surface area contributed by atoms with Crippen LogP contribution in [0.3, 0.4) is 0 Å². The number of hydrogen-bond acceptors (Lipinski definition) is 2. The van der Waals surface area contributed by atoms with Crippen molar-refractivity contribution in [2.75, 3.05) is 7.05 Å². The van der Waals surface area contributed by atoms with Gasteiger partial charge in [0.05, 0.1) is 12.5 Å². The van der Waals surface area contributed by atoms with Gasteiger partial charge in [-0.15, -0.1) is 0 Å². The van der Waals surface area contributed by atoms with Gasteiger partial charge in [-0.2, -0.15) is 5.26 Å². The lowest BCUT2D eigenvalue weighted by molar-refractivity contribution is 0.605. The number of rotatable bonds is 3. The Morgan fingerprint density at radius 3 is 2.71 bits per heavy atom. The average molecular weight is 188 g/mol. The predicted molar refractivity (Wildman–Crippen MR) is 57.9 cm³/mol. The molecule has 74 valence electrons. The van der Waals surface area contributed by atoms with E-state index >= 15 is 0 Å². The average Bonchev–Trinajstić information content (AvgIpc) is 2.18. The van der Waals surface area contributed by atoms with Crippen LogP contribution in [-0.2, 0) is 0 Å². The van der Waals surface area contributed by atoms with Crippen LogP contribution in [0.4, 0.5) is 0 Å². The molecule has 1 aromatic carbocycles. The molecule has 1 unspecified atom stereocenters. The van der Waals surface area contributed by atoms with Crippen LogP contribution in [0, 0.1) is 25.2 Å². The van der Waals surface area contributed by atoms with E-state index in [9.17, 15) is 0 Å². The van der Waals surface area contributed by atoms with Crippen LogP contribution in [0.15, 0.2) is 18.2 Å². The number of benzene rings is 1. The third-order valence-corrected chi connectivity index (χ3v) is 2.45. The monoisotopic (exact) mass is 188 g/mol. The molecule has 14 heavy (non-hydrogen) atoms. The number of hydrogen-bond donors (Lipinski definition) is 1. The Hall–Kier alpha value is -1.33. The second kappa shape index (κ2) is 4.78. The Balaban J connectivity index is 3.03. The molecule has 0 amide bonds. The number of nitrogens with zero attached hydrogens (tertiary/aromatic N) is 1. The Labute approximate surface area is 85.6 Å². The Morgan fingerprint density at radius 1 is 1.43 bits per heavy atom. The maximum absolute atomic E-state index is 8.70. The van der Waals surface area contributed by atoms with E-state index in [0.717, 1.165) is 0 Å². The molecule has 1 N–H and O–H groups in total. The molecule has 0 aromatic heterocycles. The van der Waals surface area contributed by atoms with Gasteiger partial charge in [0.2, 0.25) is 0 Å². The van der Waals surface area contributed by atoms with Crippen LogP contribution in [0.5, 0.6) is 0 Å². The van der Waals surface area contributed by atoms with Gasteiger partial charge in [-0.1, -0.05) is 23.8 Å². The maximum atomic E-state index is 8.70. The van der Waals surface area contributed by atoms with E-state index < -0.39 is 0 Å². The van der Waals surface area contributed by atoms with Crippen LogP contribution >= 0.6 is 0 Å². The summed E-state index contributed by atoms with van der Waals surface area (Å²) in [6, 6.07) is 8.70. The fourth-order valence-corrected chi connectivity index (χ4v) is 1.59. The Kier molecular flexibility index (Phi) is 3.67. The lowest BCUT2D eigenvalue weighted by atomic mass is 9.97. The summed E-state index contributed by atoms with van der Waals surface area (Å²) in [6.07, 6.45) is 0.515. The number of nitriles is 1. The third-order valence-electron chi connectivity index (χ3n) is 2.45. The molecular formula is C12H16N2. The molecule has 2 nitrogen and oxygen atoms in total. The first-order valence-corrected chi connectivity index (χ1v) is 4.80. The molecule has 0 fully saturated rings. The molecule has 2 heteroatoms. The molecule has 1 atom stereocenters. The van der Waals surface area contributed by atoms with E-state index in [1.807, 2.05) is 7.05 Å². The first-order chi connectivity index (χ1) is 6.69. The lowest BCUT2D eigenvalue weighted by Gasteiger charge is -2.16. The summed E-state index contributed by atoms with van der Waals surface area (Å²) in [7, 11) is 1.89. The minimum atomic E-state index is 0.153. The van der Waals surface area contributed by atoms with Gasteiger partial charge in [-0.05, 0) is 32.0 Å². The molecule has 0 saturated carbocycles. The van der Waals surface area contributed by atoms with E-state index in [1.165, 1.54) is 16.7 Å². The van der Waals surface area contributed by atoms with Gasteiger partial charge in [0, 0.05) is 6.04 Å². The molecule has 0 saturated heterocycles. The molecule has 0 heterocycles. The SMILES string of the molecule is CNC(CC#N)c1cc(C)ccc1C. The van der Waals surface area contributed by atoms with Gasteiger partial charge < -0.3 is 5.32 Å². The fraction of sp³-hybridized carbons (Fsp3) is 0.417. The molecule has 0 bridgehead atoms. The van der Waals surface area contributed by atoms with Crippen molar-refractivity contribution < 1.29 is 0 Å². The summed E-state index contributed by atoms with van der Waals surface area (Å²) in [4.78, 5) is 0. The van der Waals surface area contributed by atoms with Crippen molar-refractivity contribution in [2.45, 2.75) is 26.3 Å². The molecule has 0 radical (unpaired) electrons. The van der Waals surface area contributed by atoms with Crippen molar-refractivity contribution >= 4 is 0 Å². The van der Waals surface area contributed by atoms with Crippen molar-refractivity contribution in [3.63, 3.8) is 0 Å². The highest BCUT2D eigenvalue weighted by Crippen LogP contribution is 2.21. The highest BCUT2D eigenvalue weighted by atomic mass is 14.9. The van der Waals surface area contributed by atoms with Crippen molar-refractivity contribution in [1.82, 2.24) is 5.32 Å². The van der Waals surface area contributed by atoms with Crippen LogP contribution in [-0.4, -0.2) is 7.05 Å². The van der Waals surface area contributed by atoms with Gasteiger partial charge in [-0.25, -0.2) is 0 Å². The quantitative estimate of drug-likeness (QED) is 0.791. The second-order valence-corrected chi connectivity index (χ2v) is 3.56. The zero-order valence-electron chi connectivity index (χ0n) is 8.96. The molecular weight excluding hydrogens is 172 g/mol. The van der Waals surface area contributed by atoms with Crippen LogP contribution in [0.2, 0.25) is 0 Å². The predicted octanol–water partition coefficient (Wildman–Crippen LogP) is 2.48. The van der Waals surface area contributed by atoms with Crippen molar-refractivity contribution in [3.8, 4) is 6.07 Å². The molecule has 0 spiro atoms. The highest BCUT2D eigenvalue weighted by Gasteiger charge is 2.10.